The Morgan fingerprint density at radius 2 is 2.19 bits per heavy atom. The lowest BCUT2D eigenvalue weighted by Gasteiger charge is -2.30. The maximum absolute atomic E-state index is 12.6. The van der Waals surface area contributed by atoms with Crippen molar-refractivity contribution in [1.29, 1.82) is 0 Å². The molecule has 1 saturated heterocycles. The Morgan fingerprint density at radius 1 is 1.52 bits per heavy atom. The summed E-state index contributed by atoms with van der Waals surface area (Å²) in [6, 6.07) is -1.35. The number of carbonyl (C=O) groups excluding carboxylic acids is 2. The van der Waals surface area contributed by atoms with Crippen molar-refractivity contribution in [2.75, 3.05) is 39.2 Å². The zero-order chi connectivity index (χ0) is 16.0. The molecule has 3 unspecified atom stereocenters. The molecule has 0 aliphatic carbocycles. The lowest BCUT2D eigenvalue weighted by Crippen LogP contribution is -2.53. The van der Waals surface area contributed by atoms with Gasteiger partial charge in [-0.15, -0.1) is 0 Å². The number of nitrogens with zero attached hydrogens (tertiary/aromatic N) is 2. The average Bonchev–Trinajstić information content (AvgIpc) is 2.73. The van der Waals surface area contributed by atoms with Crippen LogP contribution in [0, 0.1) is 0 Å². The van der Waals surface area contributed by atoms with Crippen LogP contribution in [0.4, 0.5) is 4.79 Å². The smallest absolute Gasteiger partial charge is 0.312 e. The van der Waals surface area contributed by atoms with Crippen LogP contribution in [-0.4, -0.2) is 84.2 Å². The predicted octanol–water partition coefficient (Wildman–Crippen LogP) is -0.700. The number of amides is 3. The number of hydrogen-bond donors (Lipinski definition) is 3. The fraction of sp³-hybridized carbons (Fsp3) is 0.846. The van der Waals surface area contributed by atoms with E-state index >= 15 is 0 Å². The van der Waals surface area contributed by atoms with Gasteiger partial charge in [-0.25, -0.2) is 4.79 Å². The number of aliphatic hydroxyl groups excluding tert-OH is 1. The van der Waals surface area contributed by atoms with Gasteiger partial charge in [0.2, 0.25) is 5.91 Å². The van der Waals surface area contributed by atoms with Gasteiger partial charge in [-0.2, -0.15) is 11.8 Å². The zero-order valence-electron chi connectivity index (χ0n) is 12.9. The molecule has 3 atom stereocenters. The minimum absolute atomic E-state index is 0.0334. The van der Waals surface area contributed by atoms with Crippen LogP contribution in [0.25, 0.3) is 0 Å². The van der Waals surface area contributed by atoms with E-state index in [1.807, 2.05) is 25.3 Å². The number of nitrogens with two attached hydrogens (primary N) is 1. The third kappa shape index (κ3) is 5.72. The van der Waals surface area contributed by atoms with E-state index in [0.717, 1.165) is 5.75 Å². The summed E-state index contributed by atoms with van der Waals surface area (Å²) >= 11 is 1.61. The number of nitrogens with one attached hydrogen (secondary N) is 1. The molecule has 1 fully saturated rings. The second-order valence-corrected chi connectivity index (χ2v) is 6.62. The quantitative estimate of drug-likeness (QED) is 0.576. The standard InChI is InChI=1S/C13H26N4O3S/c1-16(2)7-9-6-10(18)8-17(9)12(19)11(4-5-21-3)15-13(14)20/h9-11,18H,4-8H2,1-3H3,(H3,14,15,20). The van der Waals surface area contributed by atoms with Gasteiger partial charge in [-0.1, -0.05) is 0 Å². The highest BCUT2D eigenvalue weighted by molar-refractivity contribution is 7.98. The molecule has 3 amide bonds. The molecular formula is C13H26N4O3S. The predicted molar refractivity (Wildman–Crippen MR) is 84.2 cm³/mol. The van der Waals surface area contributed by atoms with Crippen molar-refractivity contribution in [2.24, 2.45) is 5.73 Å². The minimum Gasteiger partial charge on any atom is -0.391 e. The first-order valence-corrected chi connectivity index (χ1v) is 8.42. The summed E-state index contributed by atoms with van der Waals surface area (Å²) in [5.41, 5.74) is 5.16. The minimum atomic E-state index is -0.696. The number of likely N-dealkylation sites (tertiary alicyclic amines) is 1. The maximum Gasteiger partial charge on any atom is 0.312 e. The molecule has 0 bridgehead atoms. The van der Waals surface area contributed by atoms with Gasteiger partial charge in [0.05, 0.1) is 6.10 Å². The Hall–Kier alpha value is -0.990. The molecule has 1 rings (SSSR count). The summed E-state index contributed by atoms with van der Waals surface area (Å²) in [7, 11) is 3.86. The van der Waals surface area contributed by atoms with Crippen molar-refractivity contribution >= 4 is 23.7 Å². The Bertz CT molecular complexity index is 367. The summed E-state index contributed by atoms with van der Waals surface area (Å²) in [5, 5.41) is 12.4. The van der Waals surface area contributed by atoms with E-state index in [2.05, 4.69) is 5.32 Å². The molecule has 0 spiro atoms. The number of urea groups is 1. The molecule has 8 heteroatoms. The Labute approximate surface area is 130 Å². The van der Waals surface area contributed by atoms with Crippen LogP contribution in [-0.2, 0) is 4.79 Å². The number of thioether (sulfide) groups is 1. The molecule has 0 aromatic rings. The van der Waals surface area contributed by atoms with E-state index < -0.39 is 18.2 Å². The number of carbonyl (C=O) groups is 2. The summed E-state index contributed by atoms with van der Waals surface area (Å²) in [6.45, 7) is 1.00. The van der Waals surface area contributed by atoms with Crippen molar-refractivity contribution in [3.8, 4) is 0 Å². The number of likely N-dealkylation sites (N-methyl/N-ethyl adjacent to an activating group) is 1. The molecule has 0 saturated carbocycles. The maximum atomic E-state index is 12.6. The molecule has 4 N–H and O–H groups in total. The van der Waals surface area contributed by atoms with Gasteiger partial charge < -0.3 is 26.0 Å². The summed E-state index contributed by atoms with van der Waals surface area (Å²) in [5.74, 6) is 0.595. The average molecular weight is 318 g/mol. The van der Waals surface area contributed by atoms with E-state index in [-0.39, 0.29) is 11.9 Å². The van der Waals surface area contributed by atoms with E-state index in [1.165, 1.54) is 0 Å². The van der Waals surface area contributed by atoms with Crippen molar-refractivity contribution in [1.82, 2.24) is 15.1 Å². The van der Waals surface area contributed by atoms with Gasteiger partial charge in [0, 0.05) is 19.1 Å². The Morgan fingerprint density at radius 3 is 2.71 bits per heavy atom. The summed E-state index contributed by atoms with van der Waals surface area (Å²) in [4.78, 5) is 27.4. The molecule has 1 aliphatic heterocycles. The van der Waals surface area contributed by atoms with E-state index in [0.29, 0.717) is 25.9 Å². The molecular weight excluding hydrogens is 292 g/mol. The van der Waals surface area contributed by atoms with Gasteiger partial charge in [-0.3, -0.25) is 4.79 Å². The number of primary amides is 1. The normalized spacial score (nSPS) is 23.4. The molecule has 21 heavy (non-hydrogen) atoms. The van der Waals surface area contributed by atoms with Gasteiger partial charge in [0.1, 0.15) is 6.04 Å². The van der Waals surface area contributed by atoms with Gasteiger partial charge in [-0.05, 0) is 38.9 Å². The largest absolute Gasteiger partial charge is 0.391 e. The molecule has 7 nitrogen and oxygen atoms in total. The Kier molecular flexibility index (Phi) is 7.27. The van der Waals surface area contributed by atoms with Crippen LogP contribution in [0.3, 0.4) is 0 Å². The zero-order valence-corrected chi connectivity index (χ0v) is 13.7. The lowest BCUT2D eigenvalue weighted by atomic mass is 10.1. The Balaban J connectivity index is 2.76. The third-order valence-corrected chi connectivity index (χ3v) is 4.12. The second kappa shape index (κ2) is 8.45. The van der Waals surface area contributed by atoms with Crippen LogP contribution >= 0.6 is 11.8 Å². The fourth-order valence-electron chi connectivity index (χ4n) is 2.62. The molecule has 0 radical (unpaired) electrons. The lowest BCUT2D eigenvalue weighted by molar-refractivity contribution is -0.134. The molecule has 0 aromatic heterocycles. The summed E-state index contributed by atoms with van der Waals surface area (Å²) in [6.07, 6.45) is 2.54. The van der Waals surface area contributed by atoms with Gasteiger partial charge in [0.15, 0.2) is 0 Å². The van der Waals surface area contributed by atoms with Gasteiger partial charge >= 0.3 is 6.03 Å². The SMILES string of the molecule is CSCCC(NC(N)=O)C(=O)N1CC(O)CC1CN(C)C. The first-order chi connectivity index (χ1) is 9.85. The van der Waals surface area contributed by atoms with Crippen molar-refractivity contribution in [2.45, 2.75) is 31.0 Å². The molecule has 1 heterocycles. The van der Waals surface area contributed by atoms with Crippen molar-refractivity contribution < 1.29 is 14.7 Å². The van der Waals surface area contributed by atoms with Crippen LogP contribution in [0.15, 0.2) is 0 Å². The highest BCUT2D eigenvalue weighted by Crippen LogP contribution is 2.20. The third-order valence-electron chi connectivity index (χ3n) is 3.48. The monoisotopic (exact) mass is 318 g/mol. The number of rotatable bonds is 7. The van der Waals surface area contributed by atoms with Crippen LogP contribution in [0.5, 0.6) is 0 Å². The first-order valence-electron chi connectivity index (χ1n) is 7.03. The molecule has 1 aliphatic rings. The van der Waals surface area contributed by atoms with Crippen molar-refractivity contribution in [3.05, 3.63) is 0 Å². The summed E-state index contributed by atoms with van der Waals surface area (Å²) < 4.78 is 0. The second-order valence-electron chi connectivity index (χ2n) is 5.64. The number of hydrogen-bond acceptors (Lipinski definition) is 5. The van der Waals surface area contributed by atoms with Crippen LogP contribution in [0.2, 0.25) is 0 Å². The van der Waals surface area contributed by atoms with E-state index in [4.69, 9.17) is 5.73 Å². The molecule has 0 aromatic carbocycles. The number of β-amino-alcohol motifs (C(OH)–C–C–N with tert-alkyl or cyclic N) is 1. The topological polar surface area (TPSA) is 98.9 Å². The molecule has 122 valence electrons. The first kappa shape index (κ1) is 18.1. The highest BCUT2D eigenvalue weighted by atomic mass is 32.2. The van der Waals surface area contributed by atoms with E-state index in [1.54, 1.807) is 16.7 Å². The van der Waals surface area contributed by atoms with Gasteiger partial charge in [0.25, 0.3) is 0 Å². The van der Waals surface area contributed by atoms with Crippen molar-refractivity contribution in [3.63, 3.8) is 0 Å². The van der Waals surface area contributed by atoms with E-state index in [9.17, 15) is 14.7 Å². The fourth-order valence-corrected chi connectivity index (χ4v) is 3.09. The highest BCUT2D eigenvalue weighted by Gasteiger charge is 2.37. The van der Waals surface area contributed by atoms with Crippen LogP contribution < -0.4 is 11.1 Å². The van der Waals surface area contributed by atoms with Crippen LogP contribution in [0.1, 0.15) is 12.8 Å². The number of aliphatic hydroxyl groups is 1.